The summed E-state index contributed by atoms with van der Waals surface area (Å²) in [6, 6.07) is 81.6. The van der Waals surface area contributed by atoms with Crippen molar-refractivity contribution in [3.63, 3.8) is 0 Å². The van der Waals surface area contributed by atoms with E-state index in [9.17, 15) is 0 Å². The minimum atomic E-state index is -0.0752. The molecule has 0 radical (unpaired) electrons. The molecule has 0 bridgehead atoms. The van der Waals surface area contributed by atoms with Crippen LogP contribution in [0, 0.1) is 19.8 Å². The van der Waals surface area contributed by atoms with Gasteiger partial charge in [-0.3, -0.25) is 0 Å². The van der Waals surface area contributed by atoms with E-state index in [1.54, 1.807) is 16.6 Å². The molecular formula is C88H82B2N4S2. The molecule has 6 heterocycles. The van der Waals surface area contributed by atoms with Crippen LogP contribution < -0.4 is 42.6 Å². The Morgan fingerprint density at radius 3 is 1.64 bits per heavy atom. The lowest BCUT2D eigenvalue weighted by Gasteiger charge is -2.46. The number of fused-ring (bicyclic) bond motifs is 14. The number of anilines is 6. The minimum Gasteiger partial charge on any atom is -0.311 e. The minimum absolute atomic E-state index is 0.0490. The van der Waals surface area contributed by atoms with Gasteiger partial charge in [0.2, 0.25) is 6.71 Å². The molecule has 0 spiro atoms. The monoisotopic (exact) mass is 1280 g/mol. The summed E-state index contributed by atoms with van der Waals surface area (Å²) in [5.41, 5.74) is 32.1. The molecule has 2 aromatic heterocycles. The van der Waals surface area contributed by atoms with Crippen LogP contribution in [0.15, 0.2) is 226 Å². The van der Waals surface area contributed by atoms with Gasteiger partial charge in [0.25, 0.3) is 6.71 Å². The Morgan fingerprint density at radius 1 is 0.438 bits per heavy atom. The Labute approximate surface area is 576 Å². The topological polar surface area (TPSA) is 16.3 Å². The zero-order valence-electron chi connectivity index (χ0n) is 56.6. The first kappa shape index (κ1) is 59.9. The van der Waals surface area contributed by atoms with Crippen LogP contribution >= 0.6 is 23.5 Å². The third-order valence-corrected chi connectivity index (χ3v) is 24.7. The maximum absolute atomic E-state index is 2.77. The predicted octanol–water partition coefficient (Wildman–Crippen LogP) is 20.9. The molecule has 13 aromatic rings. The summed E-state index contributed by atoms with van der Waals surface area (Å²) in [5, 5.41) is 5.12. The second kappa shape index (κ2) is 23.9. The van der Waals surface area contributed by atoms with Crippen molar-refractivity contribution in [1.82, 2.24) is 9.13 Å². The van der Waals surface area contributed by atoms with Crippen LogP contribution in [0.2, 0.25) is 0 Å². The Bertz CT molecular complexity index is 5200. The molecule has 1 saturated carbocycles. The highest BCUT2D eigenvalue weighted by molar-refractivity contribution is 8.01. The van der Waals surface area contributed by atoms with E-state index in [2.05, 4.69) is 285 Å². The van der Waals surface area contributed by atoms with Gasteiger partial charge in [0.1, 0.15) is 0 Å². The van der Waals surface area contributed by atoms with Crippen LogP contribution in [0.4, 0.5) is 34.1 Å². The molecule has 0 amide bonds. The van der Waals surface area contributed by atoms with Gasteiger partial charge in [-0.05, 0) is 205 Å². The summed E-state index contributed by atoms with van der Waals surface area (Å²) in [4.78, 5) is 11.0. The standard InChI is InChI=1S/C88H82B2N4S2/c1-8-12-15-28-57-42-60(55(6)26-10-3)45-63(43-57)94-78-41-54(5)40-56(7)85(78)89-71-52-72-81(53-77(71)91(62-30-16-14-17-31-62)79-48-64(49-80(94)87(79)89)92-73-36-22-18-32-66(73)67-33-19-23-37-74(67)92)95-83-50-65(93-75-38-24-20-34-68(75)69-35-21-25-39-76(69)93)51-84-88(83)90(72)86-59(29-13-9-2)44-61(47-82(86)96-84)70-46-58(70)27-11-4/h14,16-25,30-45,47-53,55,58,70H,8-13,15,26-29,46H2,1-7H3. The van der Waals surface area contributed by atoms with E-state index in [1.165, 1.54) is 192 Å². The van der Waals surface area contributed by atoms with Crippen LogP contribution in [-0.2, 0) is 12.8 Å². The maximum Gasteiger partial charge on any atom is 0.252 e. The Morgan fingerprint density at radius 2 is 1.01 bits per heavy atom. The number of benzene rings is 11. The van der Waals surface area contributed by atoms with Crippen LogP contribution in [0.3, 0.4) is 0 Å². The smallest absolute Gasteiger partial charge is 0.252 e. The van der Waals surface area contributed by atoms with Gasteiger partial charge >= 0.3 is 0 Å². The third-order valence-electron chi connectivity index (χ3n) is 22.4. The second-order valence-corrected chi connectivity index (χ2v) is 30.9. The van der Waals surface area contributed by atoms with E-state index < -0.39 is 0 Å². The van der Waals surface area contributed by atoms with Crippen molar-refractivity contribution in [2.24, 2.45) is 5.92 Å². The van der Waals surface area contributed by atoms with E-state index >= 15 is 0 Å². The number of hydrogen-bond donors (Lipinski definition) is 0. The molecule has 11 aromatic carbocycles. The van der Waals surface area contributed by atoms with Crippen LogP contribution in [0.25, 0.3) is 55.0 Å². The fourth-order valence-corrected chi connectivity index (χ4v) is 20.7. The molecule has 0 saturated heterocycles. The van der Waals surface area contributed by atoms with Gasteiger partial charge in [0.05, 0.1) is 27.8 Å². The van der Waals surface area contributed by atoms with Crippen molar-refractivity contribution in [3.8, 4) is 11.4 Å². The zero-order valence-corrected chi connectivity index (χ0v) is 58.2. The molecule has 1 aliphatic carbocycles. The number of hydrogen-bond acceptors (Lipinski definition) is 4. The van der Waals surface area contributed by atoms with Crippen molar-refractivity contribution < 1.29 is 0 Å². The first-order valence-electron chi connectivity index (χ1n) is 36.1. The lowest BCUT2D eigenvalue weighted by molar-refractivity contribution is 0.662. The van der Waals surface area contributed by atoms with Crippen LogP contribution in [0.5, 0.6) is 0 Å². The van der Waals surface area contributed by atoms with Crippen LogP contribution in [0.1, 0.15) is 144 Å². The van der Waals surface area contributed by atoms with E-state index in [-0.39, 0.29) is 13.4 Å². The predicted molar refractivity (Wildman–Crippen MR) is 415 cm³/mol. The van der Waals surface area contributed by atoms with E-state index in [4.69, 9.17) is 0 Å². The fourth-order valence-electron chi connectivity index (χ4n) is 18.1. The SMILES string of the molecule is CCCCCc1cc(C(C)CCC)cc(N2c3cc(C)cc(C)c3B3c4cc5c(cc4N(c4ccccc4)c4cc(-n6c7ccccc7c7ccccc76)cc2c43)Sc2cc(-n3c4ccccc4c4ccccc43)cc3c2B5c2c(CCCC)cc(C4CC4CCC)cc2S3)c1. The highest BCUT2D eigenvalue weighted by Gasteiger charge is 2.48. The molecule has 96 heavy (non-hydrogen) atoms. The van der Waals surface area contributed by atoms with Crippen molar-refractivity contribution in [2.45, 2.75) is 157 Å². The summed E-state index contributed by atoms with van der Waals surface area (Å²) in [5.74, 6) is 1.84. The Hall–Kier alpha value is -8.55. The zero-order chi connectivity index (χ0) is 64.6. The number of aromatic nitrogens is 2. The van der Waals surface area contributed by atoms with Gasteiger partial charge < -0.3 is 18.9 Å². The van der Waals surface area contributed by atoms with E-state index in [1.807, 2.05) is 11.8 Å². The second-order valence-electron chi connectivity index (χ2n) is 28.7. The molecular weight excluding hydrogens is 1200 g/mol. The average Bonchev–Trinajstić information content (AvgIpc) is 0.872. The van der Waals surface area contributed by atoms with Gasteiger partial charge in [0, 0.05) is 80.9 Å². The molecule has 4 nitrogen and oxygen atoms in total. The largest absolute Gasteiger partial charge is 0.311 e. The number of nitrogens with zero attached hydrogens (tertiary/aromatic N) is 4. The van der Waals surface area contributed by atoms with Crippen LogP contribution in [-0.4, -0.2) is 22.6 Å². The highest BCUT2D eigenvalue weighted by atomic mass is 32.2. The summed E-state index contributed by atoms with van der Waals surface area (Å²) in [6.07, 6.45) is 14.3. The van der Waals surface area contributed by atoms with Gasteiger partial charge in [-0.2, -0.15) is 0 Å². The van der Waals surface area contributed by atoms with Gasteiger partial charge in [-0.1, -0.05) is 234 Å². The molecule has 0 N–H and O–H groups in total. The molecule has 472 valence electrons. The molecule has 4 aliphatic heterocycles. The normalized spacial score (nSPS) is 15.9. The van der Waals surface area contributed by atoms with E-state index in [0.717, 1.165) is 49.4 Å². The average molecular weight is 1280 g/mol. The maximum atomic E-state index is 2.77. The number of aryl methyl sites for hydroxylation is 4. The van der Waals surface area contributed by atoms with Gasteiger partial charge in [-0.25, -0.2) is 0 Å². The highest BCUT2D eigenvalue weighted by Crippen LogP contribution is 2.53. The summed E-state index contributed by atoms with van der Waals surface area (Å²) in [6.45, 7) is 16.6. The fraction of sp³-hybridized carbons (Fsp3) is 0.250. The van der Waals surface area contributed by atoms with Crippen molar-refractivity contribution in [1.29, 1.82) is 0 Å². The van der Waals surface area contributed by atoms with E-state index in [0.29, 0.717) is 11.8 Å². The molecule has 8 heteroatoms. The summed E-state index contributed by atoms with van der Waals surface area (Å²) < 4.78 is 5.13. The molecule has 5 aliphatic rings. The first-order chi connectivity index (χ1) is 47.2. The van der Waals surface area contributed by atoms with Gasteiger partial charge in [0.15, 0.2) is 0 Å². The Balaban J connectivity index is 0.935. The molecule has 18 rings (SSSR count). The number of rotatable bonds is 17. The third kappa shape index (κ3) is 9.56. The van der Waals surface area contributed by atoms with Gasteiger partial charge in [-0.15, -0.1) is 0 Å². The lowest BCUT2D eigenvalue weighted by atomic mass is 9.30. The number of para-hydroxylation sites is 5. The number of unbranched alkanes of at least 4 members (excludes halogenated alkanes) is 3. The van der Waals surface area contributed by atoms with Crippen molar-refractivity contribution in [3.05, 3.63) is 240 Å². The lowest BCUT2D eigenvalue weighted by Crippen LogP contribution is -2.64. The molecule has 3 atom stereocenters. The first-order valence-corrected chi connectivity index (χ1v) is 37.7. The van der Waals surface area contributed by atoms with Crippen molar-refractivity contribution in [2.75, 3.05) is 9.80 Å². The molecule has 3 unspecified atom stereocenters. The van der Waals surface area contributed by atoms with Crippen molar-refractivity contribution >= 4 is 147 Å². The molecule has 1 fully saturated rings. The summed E-state index contributed by atoms with van der Waals surface area (Å²) >= 11 is 4.08. The Kier molecular flexibility index (Phi) is 14.9. The quantitative estimate of drug-likeness (QED) is 0.0667. The summed E-state index contributed by atoms with van der Waals surface area (Å²) in [7, 11) is 0.